The van der Waals surface area contributed by atoms with Gasteiger partial charge in [-0.3, -0.25) is 9.59 Å². The van der Waals surface area contributed by atoms with Gasteiger partial charge in [0.25, 0.3) is 0 Å². The summed E-state index contributed by atoms with van der Waals surface area (Å²) in [5.74, 6) is -0.435. The zero-order valence-electron chi connectivity index (χ0n) is 19.5. The molecule has 6 nitrogen and oxygen atoms in total. The lowest BCUT2D eigenvalue weighted by Crippen LogP contribution is -2.38. The molecule has 1 aliphatic heterocycles. The van der Waals surface area contributed by atoms with Crippen molar-refractivity contribution in [1.82, 2.24) is 14.5 Å². The van der Waals surface area contributed by atoms with Gasteiger partial charge in [-0.1, -0.05) is 30.0 Å². The molecule has 8 heteroatoms. The van der Waals surface area contributed by atoms with Crippen LogP contribution in [0.15, 0.2) is 59.9 Å². The number of amides is 2. The molecule has 2 amide bonds. The van der Waals surface area contributed by atoms with Crippen LogP contribution in [0.4, 0.5) is 10.1 Å². The lowest BCUT2D eigenvalue weighted by molar-refractivity contribution is -0.132. The topological polar surface area (TPSA) is 67.2 Å². The lowest BCUT2D eigenvalue weighted by Gasteiger charge is -2.27. The molecule has 2 heterocycles. The van der Waals surface area contributed by atoms with E-state index >= 15 is 0 Å². The van der Waals surface area contributed by atoms with Gasteiger partial charge in [-0.15, -0.1) is 0 Å². The first kappa shape index (κ1) is 24.0. The van der Waals surface area contributed by atoms with Crippen LogP contribution in [0.1, 0.15) is 31.7 Å². The number of aromatic nitrogens is 2. The first-order valence-corrected chi connectivity index (χ1v) is 12.4. The van der Waals surface area contributed by atoms with Crippen molar-refractivity contribution >= 4 is 29.3 Å². The van der Waals surface area contributed by atoms with Crippen molar-refractivity contribution < 1.29 is 14.0 Å². The van der Waals surface area contributed by atoms with Gasteiger partial charge >= 0.3 is 0 Å². The van der Waals surface area contributed by atoms with E-state index in [1.54, 1.807) is 18.3 Å². The largest absolute Gasteiger partial charge is 0.341 e. The standard InChI is InChI=1S/C26H29FN4O2S/c1-18-8-4-5-9-22(18)29-25(33)19(2)34-26-28-16-23(20-10-12-21(27)13-11-20)31(26)17-24(32)30-14-6-3-7-15-30/h4-5,8-13,16,19H,3,6-7,14-15,17H2,1-2H3,(H,29,33)/t19-/m0/s1. The summed E-state index contributed by atoms with van der Waals surface area (Å²) < 4.78 is 15.3. The summed E-state index contributed by atoms with van der Waals surface area (Å²) in [5.41, 5.74) is 3.25. The fraction of sp³-hybridized carbons (Fsp3) is 0.346. The van der Waals surface area contributed by atoms with E-state index in [0.717, 1.165) is 54.9 Å². The van der Waals surface area contributed by atoms with Gasteiger partial charge in [-0.25, -0.2) is 9.37 Å². The quantitative estimate of drug-likeness (QED) is 0.476. The molecular weight excluding hydrogens is 451 g/mol. The van der Waals surface area contributed by atoms with E-state index in [2.05, 4.69) is 10.3 Å². The number of hydrogen-bond acceptors (Lipinski definition) is 4. The van der Waals surface area contributed by atoms with Gasteiger partial charge in [0.15, 0.2) is 5.16 Å². The number of para-hydroxylation sites is 1. The fourth-order valence-electron chi connectivity index (χ4n) is 3.99. The number of aryl methyl sites for hydroxylation is 1. The maximum Gasteiger partial charge on any atom is 0.242 e. The van der Waals surface area contributed by atoms with E-state index in [-0.39, 0.29) is 24.2 Å². The number of thioether (sulfide) groups is 1. The number of imidazole rings is 1. The highest BCUT2D eigenvalue weighted by Gasteiger charge is 2.24. The zero-order chi connectivity index (χ0) is 24.1. The van der Waals surface area contributed by atoms with Crippen molar-refractivity contribution in [2.75, 3.05) is 18.4 Å². The molecule has 3 aromatic rings. The number of carbonyl (C=O) groups is 2. The molecule has 0 saturated carbocycles. The minimum atomic E-state index is -0.438. The third kappa shape index (κ3) is 5.67. The highest BCUT2D eigenvalue weighted by Crippen LogP contribution is 2.30. The van der Waals surface area contributed by atoms with E-state index in [9.17, 15) is 14.0 Å². The van der Waals surface area contributed by atoms with Gasteiger partial charge in [0.2, 0.25) is 11.8 Å². The maximum absolute atomic E-state index is 13.5. The maximum atomic E-state index is 13.5. The number of halogens is 1. The van der Waals surface area contributed by atoms with E-state index in [0.29, 0.717) is 5.16 Å². The number of nitrogens with one attached hydrogen (secondary N) is 1. The van der Waals surface area contributed by atoms with Gasteiger partial charge in [0, 0.05) is 18.8 Å². The summed E-state index contributed by atoms with van der Waals surface area (Å²) in [6, 6.07) is 13.8. The number of rotatable bonds is 7. The number of anilines is 1. The second-order valence-electron chi connectivity index (χ2n) is 8.52. The average Bonchev–Trinajstić information content (AvgIpc) is 3.23. The predicted octanol–water partition coefficient (Wildman–Crippen LogP) is 5.13. The molecule has 1 N–H and O–H groups in total. The van der Waals surface area contributed by atoms with Gasteiger partial charge in [0.05, 0.1) is 17.1 Å². The normalized spacial score (nSPS) is 14.6. The Morgan fingerprint density at radius 1 is 1.09 bits per heavy atom. The van der Waals surface area contributed by atoms with Crippen LogP contribution in [0.25, 0.3) is 11.3 Å². The summed E-state index contributed by atoms with van der Waals surface area (Å²) in [6.07, 6.45) is 4.85. The molecule has 0 spiro atoms. The van der Waals surface area contributed by atoms with Gasteiger partial charge in [0.1, 0.15) is 12.4 Å². The molecule has 4 rings (SSSR count). The van der Waals surface area contributed by atoms with Crippen LogP contribution >= 0.6 is 11.8 Å². The molecule has 1 aliphatic rings. The van der Waals surface area contributed by atoms with Crippen molar-refractivity contribution in [3.8, 4) is 11.3 Å². The lowest BCUT2D eigenvalue weighted by atomic mass is 10.1. The summed E-state index contributed by atoms with van der Waals surface area (Å²) >= 11 is 1.31. The van der Waals surface area contributed by atoms with Gasteiger partial charge in [-0.2, -0.15) is 0 Å². The van der Waals surface area contributed by atoms with Crippen LogP contribution in [-0.2, 0) is 16.1 Å². The second-order valence-corrected chi connectivity index (χ2v) is 9.83. The molecule has 1 saturated heterocycles. The molecular formula is C26H29FN4O2S. The first-order valence-electron chi connectivity index (χ1n) is 11.5. The Morgan fingerprint density at radius 2 is 1.79 bits per heavy atom. The Balaban J connectivity index is 1.57. The molecule has 0 radical (unpaired) electrons. The van der Waals surface area contributed by atoms with Crippen molar-refractivity contribution in [3.05, 3.63) is 66.1 Å². The molecule has 0 bridgehead atoms. The van der Waals surface area contributed by atoms with E-state index < -0.39 is 5.25 Å². The Morgan fingerprint density at radius 3 is 2.50 bits per heavy atom. The van der Waals surface area contributed by atoms with Crippen LogP contribution < -0.4 is 5.32 Å². The number of hydrogen-bond donors (Lipinski definition) is 1. The minimum absolute atomic E-state index is 0.0277. The Kier molecular flexibility index (Phi) is 7.67. The van der Waals surface area contributed by atoms with Crippen LogP contribution in [0.5, 0.6) is 0 Å². The van der Waals surface area contributed by atoms with Crippen LogP contribution in [0.3, 0.4) is 0 Å². The fourth-order valence-corrected chi connectivity index (χ4v) is 4.88. The van der Waals surface area contributed by atoms with E-state index in [1.165, 1.54) is 23.9 Å². The summed E-state index contributed by atoms with van der Waals surface area (Å²) in [5, 5.41) is 3.12. The molecule has 0 unspecified atom stereocenters. The SMILES string of the molecule is Cc1ccccc1NC(=O)[C@H](C)Sc1ncc(-c2ccc(F)cc2)n1CC(=O)N1CCCCC1. The summed E-state index contributed by atoms with van der Waals surface area (Å²) in [4.78, 5) is 32.4. The number of piperidine rings is 1. The summed E-state index contributed by atoms with van der Waals surface area (Å²) in [7, 11) is 0. The van der Waals surface area contributed by atoms with E-state index in [4.69, 9.17) is 0 Å². The molecule has 1 aromatic heterocycles. The van der Waals surface area contributed by atoms with Gasteiger partial charge < -0.3 is 14.8 Å². The summed E-state index contributed by atoms with van der Waals surface area (Å²) in [6.45, 7) is 5.41. The average molecular weight is 481 g/mol. The monoisotopic (exact) mass is 480 g/mol. The number of benzene rings is 2. The second kappa shape index (κ2) is 10.9. The molecule has 34 heavy (non-hydrogen) atoms. The molecule has 1 atom stereocenters. The molecule has 178 valence electrons. The highest BCUT2D eigenvalue weighted by atomic mass is 32.2. The Hall–Kier alpha value is -3.13. The van der Waals surface area contributed by atoms with Crippen molar-refractivity contribution in [1.29, 1.82) is 0 Å². The highest BCUT2D eigenvalue weighted by molar-refractivity contribution is 8.00. The van der Waals surface area contributed by atoms with Crippen molar-refractivity contribution in [3.63, 3.8) is 0 Å². The number of likely N-dealkylation sites (tertiary alicyclic amines) is 1. The molecule has 1 fully saturated rings. The Bertz CT molecular complexity index is 1160. The molecule has 2 aromatic carbocycles. The van der Waals surface area contributed by atoms with Crippen molar-refractivity contribution in [2.45, 2.75) is 50.1 Å². The van der Waals surface area contributed by atoms with Crippen LogP contribution in [0, 0.1) is 12.7 Å². The zero-order valence-corrected chi connectivity index (χ0v) is 20.3. The van der Waals surface area contributed by atoms with Crippen LogP contribution in [0.2, 0.25) is 0 Å². The number of carbonyl (C=O) groups excluding carboxylic acids is 2. The van der Waals surface area contributed by atoms with Crippen molar-refractivity contribution in [2.24, 2.45) is 0 Å². The predicted molar refractivity (Wildman–Crippen MR) is 133 cm³/mol. The van der Waals surface area contributed by atoms with Gasteiger partial charge in [-0.05, 0) is 74.6 Å². The minimum Gasteiger partial charge on any atom is -0.341 e. The number of nitrogens with zero attached hydrogens (tertiary/aromatic N) is 3. The third-order valence-corrected chi connectivity index (χ3v) is 7.12. The molecule has 0 aliphatic carbocycles. The Labute approximate surface area is 203 Å². The van der Waals surface area contributed by atoms with Crippen LogP contribution in [-0.4, -0.2) is 44.6 Å². The first-order chi connectivity index (χ1) is 16.4. The van der Waals surface area contributed by atoms with E-state index in [1.807, 2.05) is 47.6 Å². The third-order valence-electron chi connectivity index (χ3n) is 6.02. The smallest absolute Gasteiger partial charge is 0.242 e.